The van der Waals surface area contributed by atoms with Gasteiger partial charge in [0.25, 0.3) is 0 Å². The first-order valence-electron chi connectivity index (χ1n) is 8.32. The van der Waals surface area contributed by atoms with E-state index in [0.29, 0.717) is 36.4 Å². The van der Waals surface area contributed by atoms with Crippen LogP contribution in [0.15, 0.2) is 28.6 Å². The Morgan fingerprint density at radius 3 is 2.64 bits per heavy atom. The number of phenols is 1. The van der Waals surface area contributed by atoms with Crippen LogP contribution in [0.25, 0.3) is 0 Å². The number of rotatable bonds is 7. The predicted molar refractivity (Wildman–Crippen MR) is 113 cm³/mol. The van der Waals surface area contributed by atoms with E-state index in [4.69, 9.17) is 4.74 Å². The maximum atomic E-state index is 12.6. The maximum Gasteiger partial charge on any atom is 0.434 e. The van der Waals surface area contributed by atoms with Gasteiger partial charge in [-0.3, -0.25) is 0 Å². The van der Waals surface area contributed by atoms with Crippen LogP contribution in [-0.4, -0.2) is 29.2 Å². The average Bonchev–Trinajstić information content (AvgIpc) is 3.09. The molecule has 0 aliphatic carbocycles. The fourth-order valence-electron chi connectivity index (χ4n) is 2.12. The third-order valence-electron chi connectivity index (χ3n) is 3.34. The lowest BCUT2D eigenvalue weighted by Gasteiger charge is -2.11. The molecule has 0 fully saturated rings. The molecule has 1 aromatic heterocycles. The van der Waals surface area contributed by atoms with E-state index in [0.717, 1.165) is 22.3 Å². The zero-order valence-electron chi connectivity index (χ0n) is 15.3. The van der Waals surface area contributed by atoms with Gasteiger partial charge < -0.3 is 20.5 Å². The van der Waals surface area contributed by atoms with Crippen LogP contribution >= 0.6 is 35.3 Å². The van der Waals surface area contributed by atoms with Crippen LogP contribution < -0.4 is 15.4 Å². The molecule has 0 aliphatic rings. The van der Waals surface area contributed by atoms with Crippen LogP contribution in [0.2, 0.25) is 0 Å². The summed E-state index contributed by atoms with van der Waals surface area (Å²) >= 11 is 0.939. The molecular weight excluding hydrogens is 508 g/mol. The number of hydrogen-bond acceptors (Lipinski definition) is 5. The van der Waals surface area contributed by atoms with E-state index in [2.05, 4.69) is 20.6 Å². The molecule has 0 unspecified atom stereocenters. The number of aromatic nitrogens is 1. The first-order chi connectivity index (χ1) is 12.8. The molecule has 0 aliphatic heterocycles. The van der Waals surface area contributed by atoms with E-state index >= 15 is 0 Å². The SMILES string of the molecule is CCNC(=NCc1ccc(O)c(OCC)c1)NCc1nc(C(F)(F)F)cs1.I. The van der Waals surface area contributed by atoms with Gasteiger partial charge in [0.2, 0.25) is 0 Å². The highest BCUT2D eigenvalue weighted by atomic mass is 127. The quantitative estimate of drug-likeness (QED) is 0.285. The number of nitrogens with one attached hydrogen (secondary N) is 2. The van der Waals surface area contributed by atoms with Gasteiger partial charge in [-0.15, -0.1) is 35.3 Å². The molecule has 0 saturated heterocycles. The number of halogens is 4. The summed E-state index contributed by atoms with van der Waals surface area (Å²) in [6, 6.07) is 4.95. The van der Waals surface area contributed by atoms with E-state index in [9.17, 15) is 18.3 Å². The summed E-state index contributed by atoms with van der Waals surface area (Å²) in [6.45, 7) is 5.17. The van der Waals surface area contributed by atoms with Gasteiger partial charge in [-0.05, 0) is 31.5 Å². The topological polar surface area (TPSA) is 78.8 Å². The van der Waals surface area contributed by atoms with E-state index in [1.165, 1.54) is 6.07 Å². The Bertz CT molecular complexity index is 784. The molecule has 2 aromatic rings. The Morgan fingerprint density at radius 1 is 1.29 bits per heavy atom. The number of phenolic OH excluding ortho intramolecular Hbond substituents is 1. The van der Waals surface area contributed by atoms with Crippen molar-refractivity contribution in [2.45, 2.75) is 33.1 Å². The van der Waals surface area contributed by atoms with Crippen LogP contribution in [0, 0.1) is 0 Å². The molecule has 0 atom stereocenters. The summed E-state index contributed by atoms with van der Waals surface area (Å²) in [5, 5.41) is 17.0. The molecule has 1 heterocycles. The number of hydrogen-bond donors (Lipinski definition) is 3. The molecule has 0 bridgehead atoms. The molecule has 28 heavy (non-hydrogen) atoms. The summed E-state index contributed by atoms with van der Waals surface area (Å²) < 4.78 is 43.2. The molecule has 0 radical (unpaired) electrons. The minimum absolute atomic E-state index is 0. The Morgan fingerprint density at radius 2 is 2.04 bits per heavy atom. The number of thiazole rings is 1. The number of alkyl halides is 3. The van der Waals surface area contributed by atoms with Crippen molar-refractivity contribution in [2.75, 3.05) is 13.2 Å². The lowest BCUT2D eigenvalue weighted by Crippen LogP contribution is -2.36. The zero-order valence-corrected chi connectivity index (χ0v) is 18.5. The highest BCUT2D eigenvalue weighted by molar-refractivity contribution is 14.0. The molecule has 0 spiro atoms. The summed E-state index contributed by atoms with van der Waals surface area (Å²) in [6.07, 6.45) is -4.44. The molecule has 2 rings (SSSR count). The van der Waals surface area contributed by atoms with Gasteiger partial charge >= 0.3 is 6.18 Å². The summed E-state index contributed by atoms with van der Waals surface area (Å²) in [5.74, 6) is 0.886. The lowest BCUT2D eigenvalue weighted by molar-refractivity contribution is -0.140. The number of benzene rings is 1. The Hall–Kier alpha value is -1.76. The number of aliphatic imine (C=N–C) groups is 1. The third-order valence-corrected chi connectivity index (χ3v) is 4.19. The van der Waals surface area contributed by atoms with Crippen molar-refractivity contribution in [2.24, 2.45) is 4.99 Å². The standard InChI is InChI=1S/C17H21F3N4O2S.HI/c1-3-21-16(23-9-15-24-14(10-27-15)17(18,19)20)22-8-11-5-6-12(25)13(7-11)26-4-2;/h5-7,10,25H,3-4,8-9H2,1-2H3,(H2,21,22,23);1H. The average molecular weight is 530 g/mol. The van der Waals surface area contributed by atoms with Gasteiger partial charge in [-0.2, -0.15) is 13.2 Å². The fourth-order valence-corrected chi connectivity index (χ4v) is 2.86. The number of ether oxygens (including phenoxy) is 1. The van der Waals surface area contributed by atoms with Crippen LogP contribution in [0.1, 0.15) is 30.1 Å². The predicted octanol–water partition coefficient (Wildman–Crippen LogP) is 4.14. The van der Waals surface area contributed by atoms with Crippen LogP contribution in [0.4, 0.5) is 13.2 Å². The number of nitrogens with zero attached hydrogens (tertiary/aromatic N) is 2. The molecule has 6 nitrogen and oxygen atoms in total. The summed E-state index contributed by atoms with van der Waals surface area (Å²) in [7, 11) is 0. The Kier molecular flexibility index (Phi) is 9.79. The maximum absolute atomic E-state index is 12.6. The van der Waals surface area contributed by atoms with E-state index in [1.807, 2.05) is 13.8 Å². The molecule has 1 aromatic carbocycles. The second-order valence-electron chi connectivity index (χ2n) is 5.41. The lowest BCUT2D eigenvalue weighted by atomic mass is 10.2. The van der Waals surface area contributed by atoms with Gasteiger partial charge in [-0.25, -0.2) is 9.98 Å². The second-order valence-corrected chi connectivity index (χ2v) is 6.35. The number of aromatic hydroxyl groups is 1. The van der Waals surface area contributed by atoms with Crippen molar-refractivity contribution in [3.63, 3.8) is 0 Å². The number of guanidine groups is 1. The van der Waals surface area contributed by atoms with Crippen molar-refractivity contribution >= 4 is 41.3 Å². The Labute approximate surface area is 182 Å². The van der Waals surface area contributed by atoms with E-state index < -0.39 is 11.9 Å². The van der Waals surface area contributed by atoms with Crippen LogP contribution in [0.3, 0.4) is 0 Å². The molecular formula is C17H22F3IN4O2S. The molecule has 0 amide bonds. The highest BCUT2D eigenvalue weighted by Gasteiger charge is 2.33. The van der Waals surface area contributed by atoms with Crippen molar-refractivity contribution < 1.29 is 23.0 Å². The molecule has 11 heteroatoms. The van der Waals surface area contributed by atoms with Crippen molar-refractivity contribution in [1.29, 1.82) is 0 Å². The second kappa shape index (κ2) is 11.3. The Balaban J connectivity index is 0.00000392. The molecule has 0 saturated carbocycles. The smallest absolute Gasteiger partial charge is 0.434 e. The van der Waals surface area contributed by atoms with Crippen LogP contribution in [0.5, 0.6) is 11.5 Å². The van der Waals surface area contributed by atoms with Crippen LogP contribution in [-0.2, 0) is 19.3 Å². The van der Waals surface area contributed by atoms with E-state index in [-0.39, 0.29) is 36.3 Å². The van der Waals surface area contributed by atoms with Gasteiger partial charge in [-0.1, -0.05) is 6.07 Å². The fraction of sp³-hybridized carbons (Fsp3) is 0.412. The van der Waals surface area contributed by atoms with Gasteiger partial charge in [0.15, 0.2) is 23.2 Å². The summed E-state index contributed by atoms with van der Waals surface area (Å²) in [4.78, 5) is 7.97. The van der Waals surface area contributed by atoms with Crippen molar-refractivity contribution in [3.8, 4) is 11.5 Å². The van der Waals surface area contributed by atoms with Gasteiger partial charge in [0.05, 0.1) is 19.7 Å². The van der Waals surface area contributed by atoms with Gasteiger partial charge in [0.1, 0.15) is 5.01 Å². The van der Waals surface area contributed by atoms with E-state index in [1.54, 1.807) is 12.1 Å². The first kappa shape index (κ1) is 24.3. The highest BCUT2D eigenvalue weighted by Crippen LogP contribution is 2.30. The van der Waals surface area contributed by atoms with Gasteiger partial charge in [0, 0.05) is 11.9 Å². The minimum Gasteiger partial charge on any atom is -0.504 e. The largest absolute Gasteiger partial charge is 0.504 e. The third kappa shape index (κ3) is 7.34. The zero-order chi connectivity index (χ0) is 19.9. The molecule has 3 N–H and O–H groups in total. The van der Waals surface area contributed by atoms with Crippen molar-refractivity contribution in [1.82, 2.24) is 15.6 Å². The minimum atomic E-state index is -4.44. The normalized spacial score (nSPS) is 11.7. The molecule has 156 valence electrons. The monoisotopic (exact) mass is 530 g/mol. The summed E-state index contributed by atoms with van der Waals surface area (Å²) in [5.41, 5.74) is -0.0687. The first-order valence-corrected chi connectivity index (χ1v) is 9.20. The van der Waals surface area contributed by atoms with Crippen molar-refractivity contribution in [3.05, 3.63) is 39.8 Å².